The molecule has 6 heteroatoms. The summed E-state index contributed by atoms with van der Waals surface area (Å²) in [6.07, 6.45) is 0. The maximum absolute atomic E-state index is 12.3. The fourth-order valence-corrected chi connectivity index (χ4v) is 2.15. The Kier molecular flexibility index (Phi) is 3.41. The van der Waals surface area contributed by atoms with Gasteiger partial charge in [-0.05, 0) is 24.3 Å². The Morgan fingerprint density at radius 1 is 1.05 bits per heavy atom. The summed E-state index contributed by atoms with van der Waals surface area (Å²) in [4.78, 5) is 16.5. The molecule has 5 nitrogen and oxygen atoms in total. The van der Waals surface area contributed by atoms with Crippen molar-refractivity contribution in [1.29, 1.82) is 0 Å². The van der Waals surface area contributed by atoms with Gasteiger partial charge in [-0.3, -0.25) is 4.79 Å². The normalized spacial score (nSPS) is 10.5. The summed E-state index contributed by atoms with van der Waals surface area (Å²) in [5, 5.41) is 4.67. The minimum atomic E-state index is -0.334. The molecule has 2 aromatic carbocycles. The number of aromatic nitrogens is 3. The van der Waals surface area contributed by atoms with Gasteiger partial charge in [0.15, 0.2) is 5.82 Å². The molecule has 3 aromatic rings. The lowest BCUT2D eigenvalue weighted by Gasteiger charge is -2.01. The number of halogens is 1. The molecule has 104 valence electrons. The third kappa shape index (κ3) is 2.51. The first-order valence-corrected chi connectivity index (χ1v) is 6.62. The summed E-state index contributed by atoms with van der Waals surface area (Å²) in [7, 11) is 0. The van der Waals surface area contributed by atoms with Crippen LogP contribution < -0.4 is 5.73 Å². The van der Waals surface area contributed by atoms with Crippen LogP contribution in [0.15, 0.2) is 54.6 Å². The third-order valence-electron chi connectivity index (χ3n) is 2.96. The van der Waals surface area contributed by atoms with Crippen LogP contribution in [-0.4, -0.2) is 20.7 Å². The zero-order valence-electron chi connectivity index (χ0n) is 10.9. The van der Waals surface area contributed by atoms with Crippen LogP contribution >= 0.6 is 11.6 Å². The van der Waals surface area contributed by atoms with Crippen LogP contribution in [0.1, 0.15) is 10.4 Å². The van der Waals surface area contributed by atoms with Crippen LogP contribution in [0.25, 0.3) is 11.4 Å². The highest BCUT2D eigenvalue weighted by Gasteiger charge is 2.17. The number of nitrogens with two attached hydrogens (primary N) is 1. The first-order valence-electron chi connectivity index (χ1n) is 6.24. The van der Waals surface area contributed by atoms with Gasteiger partial charge in [0.1, 0.15) is 0 Å². The highest BCUT2D eigenvalue weighted by Crippen LogP contribution is 2.25. The van der Waals surface area contributed by atoms with Gasteiger partial charge in [-0.2, -0.15) is 9.67 Å². The first kappa shape index (κ1) is 13.3. The van der Waals surface area contributed by atoms with Crippen molar-refractivity contribution in [3.63, 3.8) is 0 Å². The van der Waals surface area contributed by atoms with E-state index in [0.717, 1.165) is 4.68 Å². The minimum absolute atomic E-state index is 0.0266. The van der Waals surface area contributed by atoms with E-state index in [1.54, 1.807) is 42.5 Å². The van der Waals surface area contributed by atoms with Crippen LogP contribution in [0, 0.1) is 0 Å². The molecule has 2 N–H and O–H groups in total. The number of anilines is 1. The van der Waals surface area contributed by atoms with Crippen LogP contribution in [0.4, 0.5) is 5.95 Å². The van der Waals surface area contributed by atoms with Gasteiger partial charge in [0.25, 0.3) is 5.91 Å². The Labute approximate surface area is 126 Å². The average Bonchev–Trinajstić information content (AvgIpc) is 2.89. The average molecular weight is 299 g/mol. The molecule has 0 bridgehead atoms. The second-order valence-electron chi connectivity index (χ2n) is 4.36. The van der Waals surface area contributed by atoms with Crippen molar-refractivity contribution in [2.24, 2.45) is 0 Å². The van der Waals surface area contributed by atoms with Crippen molar-refractivity contribution >= 4 is 23.5 Å². The summed E-state index contributed by atoms with van der Waals surface area (Å²) < 4.78 is 1.08. The Hall–Kier alpha value is -2.66. The number of rotatable bonds is 2. The molecular formula is C15H11ClN4O. The van der Waals surface area contributed by atoms with Gasteiger partial charge < -0.3 is 5.73 Å². The van der Waals surface area contributed by atoms with Crippen LogP contribution in [-0.2, 0) is 0 Å². The molecule has 0 saturated carbocycles. The molecule has 21 heavy (non-hydrogen) atoms. The van der Waals surface area contributed by atoms with E-state index in [0.29, 0.717) is 22.0 Å². The molecule has 0 fully saturated rings. The number of hydrogen-bond acceptors (Lipinski definition) is 4. The molecule has 1 heterocycles. The van der Waals surface area contributed by atoms with Gasteiger partial charge in [0.2, 0.25) is 5.95 Å². The van der Waals surface area contributed by atoms with E-state index in [1.165, 1.54) is 0 Å². The summed E-state index contributed by atoms with van der Waals surface area (Å²) in [5.74, 6) is 0.0139. The lowest BCUT2D eigenvalue weighted by molar-refractivity contribution is 0.0948. The van der Waals surface area contributed by atoms with Gasteiger partial charge in [0, 0.05) is 11.1 Å². The molecule has 0 aliphatic rings. The standard InChI is InChI=1S/C15H11ClN4O/c16-12-9-5-4-8-11(12)13-18-15(17)20(19-13)14(21)10-6-2-1-3-7-10/h1-9H,(H2,17,18,19). The zero-order valence-corrected chi connectivity index (χ0v) is 11.7. The Morgan fingerprint density at radius 2 is 1.71 bits per heavy atom. The Bertz CT molecular complexity index is 798. The van der Waals surface area contributed by atoms with E-state index < -0.39 is 0 Å². The molecule has 3 rings (SSSR count). The molecule has 0 unspecified atom stereocenters. The lowest BCUT2D eigenvalue weighted by Crippen LogP contribution is -2.16. The fourth-order valence-electron chi connectivity index (χ4n) is 1.93. The molecule has 0 atom stereocenters. The van der Waals surface area contributed by atoms with Crippen molar-refractivity contribution in [1.82, 2.24) is 14.8 Å². The van der Waals surface area contributed by atoms with Crippen molar-refractivity contribution < 1.29 is 4.79 Å². The number of carbonyl (C=O) groups excluding carboxylic acids is 1. The topological polar surface area (TPSA) is 73.8 Å². The maximum atomic E-state index is 12.3. The van der Waals surface area contributed by atoms with Gasteiger partial charge in [-0.25, -0.2) is 0 Å². The van der Waals surface area contributed by atoms with Crippen molar-refractivity contribution in [3.05, 3.63) is 65.2 Å². The number of benzene rings is 2. The van der Waals surface area contributed by atoms with E-state index in [2.05, 4.69) is 10.1 Å². The third-order valence-corrected chi connectivity index (χ3v) is 3.29. The summed E-state index contributed by atoms with van der Waals surface area (Å²) in [6, 6.07) is 15.9. The fraction of sp³-hybridized carbons (Fsp3) is 0. The molecule has 0 saturated heterocycles. The van der Waals surface area contributed by atoms with E-state index >= 15 is 0 Å². The molecule has 0 amide bonds. The van der Waals surface area contributed by atoms with Crippen molar-refractivity contribution in [2.45, 2.75) is 0 Å². The maximum Gasteiger partial charge on any atom is 0.281 e. The monoisotopic (exact) mass is 298 g/mol. The molecular weight excluding hydrogens is 288 g/mol. The zero-order chi connectivity index (χ0) is 14.8. The number of hydrogen-bond donors (Lipinski definition) is 1. The highest BCUT2D eigenvalue weighted by molar-refractivity contribution is 6.33. The molecule has 0 aliphatic carbocycles. The summed E-state index contributed by atoms with van der Waals surface area (Å²) in [6.45, 7) is 0. The van der Waals surface area contributed by atoms with E-state index in [-0.39, 0.29) is 11.9 Å². The quantitative estimate of drug-likeness (QED) is 0.789. The Morgan fingerprint density at radius 3 is 2.43 bits per heavy atom. The van der Waals surface area contributed by atoms with Gasteiger partial charge in [0.05, 0.1) is 5.02 Å². The van der Waals surface area contributed by atoms with Crippen molar-refractivity contribution in [3.8, 4) is 11.4 Å². The highest BCUT2D eigenvalue weighted by atomic mass is 35.5. The van der Waals surface area contributed by atoms with E-state index in [9.17, 15) is 4.79 Å². The lowest BCUT2D eigenvalue weighted by atomic mass is 10.2. The molecule has 0 aliphatic heterocycles. The number of nitrogen functional groups attached to an aromatic ring is 1. The van der Waals surface area contributed by atoms with E-state index in [1.807, 2.05) is 12.1 Å². The van der Waals surface area contributed by atoms with Crippen LogP contribution in [0.2, 0.25) is 5.02 Å². The van der Waals surface area contributed by atoms with Crippen LogP contribution in [0.3, 0.4) is 0 Å². The summed E-state index contributed by atoms with van der Waals surface area (Å²) >= 11 is 6.10. The van der Waals surface area contributed by atoms with Crippen LogP contribution in [0.5, 0.6) is 0 Å². The number of nitrogens with zero attached hydrogens (tertiary/aromatic N) is 3. The molecule has 0 radical (unpaired) electrons. The second kappa shape index (κ2) is 5.38. The number of carbonyl (C=O) groups is 1. The van der Waals surface area contributed by atoms with Gasteiger partial charge in [-0.1, -0.05) is 41.9 Å². The van der Waals surface area contributed by atoms with Gasteiger partial charge >= 0.3 is 0 Å². The minimum Gasteiger partial charge on any atom is -0.368 e. The van der Waals surface area contributed by atoms with Crippen molar-refractivity contribution in [2.75, 3.05) is 5.73 Å². The SMILES string of the molecule is Nc1nc(-c2ccccc2Cl)nn1C(=O)c1ccccc1. The molecule has 0 spiro atoms. The van der Waals surface area contributed by atoms with E-state index in [4.69, 9.17) is 17.3 Å². The predicted octanol–water partition coefficient (Wildman–Crippen LogP) is 2.87. The second-order valence-corrected chi connectivity index (χ2v) is 4.76. The van der Waals surface area contributed by atoms with Gasteiger partial charge in [-0.15, -0.1) is 5.10 Å². The molecule has 1 aromatic heterocycles. The smallest absolute Gasteiger partial charge is 0.281 e. The summed E-state index contributed by atoms with van der Waals surface area (Å²) in [5.41, 5.74) is 6.91. The predicted molar refractivity (Wildman–Crippen MR) is 81.1 cm³/mol. The Balaban J connectivity index is 2.03. The largest absolute Gasteiger partial charge is 0.368 e. The first-order chi connectivity index (χ1) is 10.2.